The molecule has 19 heavy (non-hydrogen) atoms. The number of hydrogen-bond acceptors (Lipinski definition) is 2. The largest absolute Gasteiger partial charge is 0.506 e. The first-order chi connectivity index (χ1) is 9.16. The van der Waals surface area contributed by atoms with Gasteiger partial charge in [-0.1, -0.05) is 30.3 Å². The average molecular weight is 249 g/mol. The molecule has 0 amide bonds. The summed E-state index contributed by atoms with van der Waals surface area (Å²) in [6.07, 6.45) is 0. The number of rotatable bonds is 1. The molecule has 3 rings (SSSR count). The highest BCUT2D eigenvalue weighted by atomic mass is 16.3. The lowest BCUT2D eigenvalue weighted by molar-refractivity contribution is 0.480. The lowest BCUT2D eigenvalue weighted by Crippen LogP contribution is -1.89. The number of fused-ring (bicyclic) bond motifs is 1. The summed E-state index contributed by atoms with van der Waals surface area (Å²) in [7, 11) is 0. The van der Waals surface area contributed by atoms with E-state index >= 15 is 0 Å². The van der Waals surface area contributed by atoms with Crippen LogP contribution in [-0.2, 0) is 0 Å². The molecule has 0 aliphatic carbocycles. The molecular formula is C17H15NO. The van der Waals surface area contributed by atoms with Gasteiger partial charge in [0.2, 0.25) is 0 Å². The van der Waals surface area contributed by atoms with Gasteiger partial charge in [-0.2, -0.15) is 0 Å². The first kappa shape index (κ1) is 11.7. The Morgan fingerprint density at radius 3 is 2.42 bits per heavy atom. The van der Waals surface area contributed by atoms with Gasteiger partial charge in [0.15, 0.2) is 0 Å². The van der Waals surface area contributed by atoms with Crippen LogP contribution in [-0.4, -0.2) is 10.1 Å². The highest BCUT2D eigenvalue weighted by Gasteiger charge is 2.10. The second kappa shape index (κ2) is 4.39. The number of hydrogen-bond donors (Lipinski definition) is 1. The maximum absolute atomic E-state index is 9.97. The fourth-order valence-electron chi connectivity index (χ4n) is 2.41. The zero-order valence-corrected chi connectivity index (χ0v) is 11.0. The number of aromatic hydroxyl groups is 1. The quantitative estimate of drug-likeness (QED) is 0.700. The van der Waals surface area contributed by atoms with E-state index < -0.39 is 0 Å². The van der Waals surface area contributed by atoms with E-state index in [4.69, 9.17) is 0 Å². The van der Waals surface area contributed by atoms with Crippen LogP contribution in [0.3, 0.4) is 0 Å². The molecule has 0 aliphatic rings. The molecule has 0 bridgehead atoms. The zero-order valence-electron chi connectivity index (χ0n) is 11.0. The van der Waals surface area contributed by atoms with E-state index in [9.17, 15) is 5.11 Å². The summed E-state index contributed by atoms with van der Waals surface area (Å²) in [4.78, 5) is 4.44. The number of pyridine rings is 1. The Morgan fingerprint density at radius 1 is 0.842 bits per heavy atom. The number of phenols is 1. The Bertz CT molecular complexity index is 762. The second-order valence-electron chi connectivity index (χ2n) is 4.80. The summed E-state index contributed by atoms with van der Waals surface area (Å²) in [6.45, 7) is 4.02. The molecule has 0 atom stereocenters. The monoisotopic (exact) mass is 249 g/mol. The van der Waals surface area contributed by atoms with Gasteiger partial charge in [-0.05, 0) is 48.7 Å². The van der Waals surface area contributed by atoms with Crippen LogP contribution < -0.4 is 0 Å². The van der Waals surface area contributed by atoms with E-state index in [-0.39, 0.29) is 5.75 Å². The maximum Gasteiger partial charge on any atom is 0.141 e. The van der Waals surface area contributed by atoms with Crippen LogP contribution >= 0.6 is 0 Å². The molecular weight excluding hydrogens is 234 g/mol. The molecule has 2 aromatic carbocycles. The molecule has 1 heterocycles. The number of benzene rings is 2. The van der Waals surface area contributed by atoms with Gasteiger partial charge < -0.3 is 5.11 Å². The van der Waals surface area contributed by atoms with E-state index in [1.165, 1.54) is 11.1 Å². The second-order valence-corrected chi connectivity index (χ2v) is 4.80. The van der Waals surface area contributed by atoms with E-state index in [1.807, 2.05) is 37.3 Å². The van der Waals surface area contributed by atoms with Crippen molar-refractivity contribution in [3.63, 3.8) is 0 Å². The highest BCUT2D eigenvalue weighted by molar-refractivity contribution is 5.98. The van der Waals surface area contributed by atoms with Crippen LogP contribution in [0.2, 0.25) is 0 Å². The van der Waals surface area contributed by atoms with E-state index in [1.54, 1.807) is 6.07 Å². The molecule has 0 unspecified atom stereocenters. The van der Waals surface area contributed by atoms with Crippen LogP contribution in [0.4, 0.5) is 0 Å². The summed E-state index contributed by atoms with van der Waals surface area (Å²) < 4.78 is 0. The Morgan fingerprint density at radius 2 is 1.63 bits per heavy atom. The van der Waals surface area contributed by atoms with Gasteiger partial charge >= 0.3 is 0 Å². The smallest absolute Gasteiger partial charge is 0.141 e. The van der Waals surface area contributed by atoms with E-state index in [0.717, 1.165) is 16.6 Å². The average Bonchev–Trinajstić information content (AvgIpc) is 2.41. The molecule has 0 fully saturated rings. The predicted octanol–water partition coefficient (Wildman–Crippen LogP) is 4.22. The predicted molar refractivity (Wildman–Crippen MR) is 78.3 cm³/mol. The molecule has 3 aromatic rings. The van der Waals surface area contributed by atoms with Crippen molar-refractivity contribution in [3.8, 4) is 16.9 Å². The summed E-state index contributed by atoms with van der Waals surface area (Å²) in [5.74, 6) is 0.232. The SMILES string of the molecule is Cc1ccc2c(-c3ccccc3C)ccc(O)c2n1. The first-order valence-corrected chi connectivity index (χ1v) is 6.32. The molecule has 0 spiro atoms. The third-order valence-electron chi connectivity index (χ3n) is 3.41. The third-order valence-corrected chi connectivity index (χ3v) is 3.41. The van der Waals surface area contributed by atoms with E-state index in [2.05, 4.69) is 24.0 Å². The maximum atomic E-state index is 9.97. The summed E-state index contributed by atoms with van der Waals surface area (Å²) >= 11 is 0. The van der Waals surface area contributed by atoms with Gasteiger partial charge in [-0.25, -0.2) is 4.98 Å². The number of aryl methyl sites for hydroxylation is 2. The van der Waals surface area contributed by atoms with Gasteiger partial charge in [0.25, 0.3) is 0 Å². The highest BCUT2D eigenvalue weighted by Crippen LogP contribution is 2.34. The molecule has 94 valence electrons. The van der Waals surface area contributed by atoms with Crippen LogP contribution in [0, 0.1) is 13.8 Å². The molecule has 0 aliphatic heterocycles. The third kappa shape index (κ3) is 1.95. The normalized spacial score (nSPS) is 10.8. The molecule has 0 saturated heterocycles. The molecule has 0 saturated carbocycles. The molecule has 1 N–H and O–H groups in total. The van der Waals surface area contributed by atoms with Crippen molar-refractivity contribution in [1.29, 1.82) is 0 Å². The fourth-order valence-corrected chi connectivity index (χ4v) is 2.41. The van der Waals surface area contributed by atoms with Crippen molar-refractivity contribution in [1.82, 2.24) is 4.98 Å². The van der Waals surface area contributed by atoms with Gasteiger partial charge in [0, 0.05) is 11.1 Å². The van der Waals surface area contributed by atoms with Gasteiger partial charge in [-0.3, -0.25) is 0 Å². The van der Waals surface area contributed by atoms with Crippen molar-refractivity contribution in [3.05, 3.63) is 59.8 Å². The molecule has 1 aromatic heterocycles. The van der Waals surface area contributed by atoms with Crippen molar-refractivity contribution in [2.45, 2.75) is 13.8 Å². The van der Waals surface area contributed by atoms with Crippen molar-refractivity contribution in [2.24, 2.45) is 0 Å². The minimum Gasteiger partial charge on any atom is -0.506 e. The molecule has 2 heteroatoms. The Kier molecular flexibility index (Phi) is 2.71. The molecule has 0 radical (unpaired) electrons. The number of phenolic OH excluding ortho intramolecular Hbond substituents is 1. The van der Waals surface area contributed by atoms with Gasteiger partial charge in [-0.15, -0.1) is 0 Å². The van der Waals surface area contributed by atoms with Crippen LogP contribution in [0.25, 0.3) is 22.0 Å². The lowest BCUT2D eigenvalue weighted by Gasteiger charge is -2.10. The summed E-state index contributed by atoms with van der Waals surface area (Å²) in [5, 5.41) is 11.0. The number of nitrogens with zero attached hydrogens (tertiary/aromatic N) is 1. The zero-order chi connectivity index (χ0) is 13.4. The van der Waals surface area contributed by atoms with Crippen molar-refractivity contribution < 1.29 is 5.11 Å². The minimum absolute atomic E-state index is 0.232. The standard InChI is InChI=1S/C17H15NO/c1-11-5-3-4-6-13(11)14-9-10-16(19)17-15(14)8-7-12(2)18-17/h3-10,19H,1-2H3. The van der Waals surface area contributed by atoms with Crippen molar-refractivity contribution >= 4 is 10.9 Å². The minimum atomic E-state index is 0.232. The summed E-state index contributed by atoms with van der Waals surface area (Å²) in [5.41, 5.74) is 5.08. The first-order valence-electron chi connectivity index (χ1n) is 6.32. The Hall–Kier alpha value is -2.35. The van der Waals surface area contributed by atoms with Crippen LogP contribution in [0.15, 0.2) is 48.5 Å². The van der Waals surface area contributed by atoms with Gasteiger partial charge in [0.1, 0.15) is 11.3 Å². The Balaban J connectivity index is 2.37. The van der Waals surface area contributed by atoms with Crippen molar-refractivity contribution in [2.75, 3.05) is 0 Å². The fraction of sp³-hybridized carbons (Fsp3) is 0.118. The molecule has 2 nitrogen and oxygen atoms in total. The van der Waals surface area contributed by atoms with Crippen LogP contribution in [0.1, 0.15) is 11.3 Å². The van der Waals surface area contributed by atoms with Crippen LogP contribution in [0.5, 0.6) is 5.75 Å². The number of aromatic nitrogens is 1. The lowest BCUT2D eigenvalue weighted by atomic mass is 9.96. The Labute approximate surface area is 112 Å². The summed E-state index contributed by atoms with van der Waals surface area (Å²) in [6, 6.07) is 15.9. The topological polar surface area (TPSA) is 33.1 Å². The van der Waals surface area contributed by atoms with Gasteiger partial charge in [0.05, 0.1) is 0 Å². The van der Waals surface area contributed by atoms with E-state index in [0.29, 0.717) is 5.52 Å².